The van der Waals surface area contributed by atoms with Crippen molar-refractivity contribution in [3.8, 4) is 11.8 Å². The van der Waals surface area contributed by atoms with Crippen molar-refractivity contribution >= 4 is 40.4 Å². The third-order valence-electron chi connectivity index (χ3n) is 7.63. The molecule has 5 rings (SSSR count). The molecule has 0 unspecified atom stereocenters. The highest BCUT2D eigenvalue weighted by Crippen LogP contribution is 2.35. The zero-order chi connectivity index (χ0) is 29.6. The lowest BCUT2D eigenvalue weighted by Gasteiger charge is -2.38. The minimum atomic E-state index is -0.315. The molecule has 0 atom stereocenters. The van der Waals surface area contributed by atoms with Crippen LogP contribution in [0.4, 0.5) is 34.5 Å². The number of ether oxygens (including phenoxy) is 1. The third-order valence-corrected chi connectivity index (χ3v) is 7.63. The number of nitrogens with one attached hydrogen (secondary N) is 3. The van der Waals surface area contributed by atoms with Gasteiger partial charge in [-0.05, 0) is 83.0 Å². The maximum atomic E-state index is 12.3. The number of benzene rings is 2. The molecule has 0 radical (unpaired) electrons. The molecule has 0 spiro atoms. The second-order valence-corrected chi connectivity index (χ2v) is 11.0. The van der Waals surface area contributed by atoms with Crippen LogP contribution in [0.15, 0.2) is 61.3 Å². The van der Waals surface area contributed by atoms with Crippen LogP contribution in [-0.4, -0.2) is 59.1 Å². The van der Waals surface area contributed by atoms with Crippen LogP contribution in [0, 0.1) is 11.3 Å². The van der Waals surface area contributed by atoms with E-state index in [0.717, 1.165) is 37.7 Å². The fourth-order valence-electron chi connectivity index (χ4n) is 5.23. The number of aromatic nitrogens is 2. The summed E-state index contributed by atoms with van der Waals surface area (Å²) in [7, 11) is 2.26. The lowest BCUT2D eigenvalue weighted by atomic mass is 10.0. The van der Waals surface area contributed by atoms with Crippen LogP contribution in [0.25, 0.3) is 0 Å². The Labute approximate surface area is 247 Å². The number of hydrogen-bond acceptors (Lipinski definition) is 9. The monoisotopic (exact) mass is 566 g/mol. The summed E-state index contributed by atoms with van der Waals surface area (Å²) >= 11 is 0. The van der Waals surface area contributed by atoms with E-state index in [1.807, 2.05) is 56.3 Å². The zero-order valence-corrected chi connectivity index (χ0v) is 24.4. The van der Waals surface area contributed by atoms with Gasteiger partial charge in [0.2, 0.25) is 11.9 Å². The Morgan fingerprint density at radius 1 is 1.10 bits per heavy atom. The molecule has 10 nitrogen and oxygen atoms in total. The van der Waals surface area contributed by atoms with Gasteiger partial charge in [-0.25, -0.2) is 4.98 Å². The Kier molecular flexibility index (Phi) is 8.88. The first kappa shape index (κ1) is 28.9. The highest BCUT2D eigenvalue weighted by atomic mass is 16.5. The van der Waals surface area contributed by atoms with Crippen molar-refractivity contribution < 1.29 is 9.53 Å². The molecule has 218 valence electrons. The van der Waals surface area contributed by atoms with Gasteiger partial charge < -0.3 is 30.5 Å². The maximum absolute atomic E-state index is 12.3. The number of hydrogen-bond donors (Lipinski definition) is 3. The quantitative estimate of drug-likeness (QED) is 0.247. The van der Waals surface area contributed by atoms with E-state index in [1.165, 1.54) is 25.1 Å². The summed E-state index contributed by atoms with van der Waals surface area (Å²) in [5.41, 5.74) is 3.22. The molecule has 3 aromatic rings. The molecule has 1 saturated heterocycles. The van der Waals surface area contributed by atoms with Gasteiger partial charge in [0.25, 0.3) is 0 Å². The number of carbonyl (C=O) groups is 1. The number of para-hydroxylation sites is 2. The third kappa shape index (κ3) is 6.98. The van der Waals surface area contributed by atoms with Gasteiger partial charge in [0.05, 0.1) is 29.4 Å². The minimum Gasteiger partial charge on any atom is -0.489 e. The van der Waals surface area contributed by atoms with Crippen LogP contribution < -0.4 is 25.6 Å². The van der Waals surface area contributed by atoms with Crippen molar-refractivity contribution in [2.75, 3.05) is 41.0 Å². The summed E-state index contributed by atoms with van der Waals surface area (Å²) < 4.78 is 5.91. The standard InChI is InChI=1S/C32H38N8O2/c1-5-30(41)35-28-18-25(40-16-14-24(15-17-40)39(4)23-10-11-23)12-13-26(28)37-32-34-20-22(19-33)31(38-32)36-27-8-6-7-9-29(27)42-21(2)3/h5-9,12-13,18,20-21,23-24H,1,10-11,14-17H2,2-4H3,(H,35,41)(H2,34,36,37,38). The van der Waals surface area contributed by atoms with Crippen molar-refractivity contribution in [1.29, 1.82) is 5.26 Å². The van der Waals surface area contributed by atoms with Gasteiger partial charge in [-0.15, -0.1) is 0 Å². The summed E-state index contributed by atoms with van der Waals surface area (Å²) in [6.45, 7) is 9.42. The molecule has 3 N–H and O–H groups in total. The molecular weight excluding hydrogens is 528 g/mol. The molecule has 1 amide bonds. The first-order valence-electron chi connectivity index (χ1n) is 14.5. The van der Waals surface area contributed by atoms with Crippen molar-refractivity contribution in [3.05, 3.63) is 66.9 Å². The average Bonchev–Trinajstić information content (AvgIpc) is 3.84. The smallest absolute Gasteiger partial charge is 0.247 e. The van der Waals surface area contributed by atoms with Gasteiger partial charge in [-0.1, -0.05) is 18.7 Å². The Morgan fingerprint density at radius 2 is 1.83 bits per heavy atom. The number of piperidine rings is 1. The molecular formula is C32H38N8O2. The predicted octanol–water partition coefficient (Wildman–Crippen LogP) is 5.81. The van der Waals surface area contributed by atoms with Gasteiger partial charge in [0.1, 0.15) is 17.4 Å². The zero-order valence-electron chi connectivity index (χ0n) is 24.4. The Balaban J connectivity index is 1.36. The molecule has 0 bridgehead atoms. The predicted molar refractivity (Wildman–Crippen MR) is 167 cm³/mol. The number of carbonyl (C=O) groups excluding carboxylic acids is 1. The maximum Gasteiger partial charge on any atom is 0.247 e. The molecule has 2 aliphatic rings. The van der Waals surface area contributed by atoms with Gasteiger partial charge >= 0.3 is 0 Å². The van der Waals surface area contributed by atoms with E-state index in [-0.39, 0.29) is 23.5 Å². The van der Waals surface area contributed by atoms with E-state index < -0.39 is 0 Å². The van der Waals surface area contributed by atoms with Crippen LogP contribution >= 0.6 is 0 Å². The van der Waals surface area contributed by atoms with Gasteiger partial charge in [0, 0.05) is 30.9 Å². The summed E-state index contributed by atoms with van der Waals surface area (Å²) in [6.07, 6.45) is 7.54. The van der Waals surface area contributed by atoms with Crippen molar-refractivity contribution in [2.45, 2.75) is 57.7 Å². The van der Waals surface area contributed by atoms with Crippen LogP contribution in [0.2, 0.25) is 0 Å². The number of rotatable bonds is 11. The molecule has 42 heavy (non-hydrogen) atoms. The first-order chi connectivity index (χ1) is 20.3. The van der Waals surface area contributed by atoms with E-state index >= 15 is 0 Å². The van der Waals surface area contributed by atoms with Crippen LogP contribution in [-0.2, 0) is 4.79 Å². The molecule has 1 saturated carbocycles. The number of amides is 1. The SMILES string of the molecule is C=CC(=O)Nc1cc(N2CCC(N(C)C3CC3)CC2)ccc1Nc1ncc(C#N)c(Nc2ccccc2OC(C)C)n1. The Hall–Kier alpha value is -4.62. The number of nitriles is 1. The largest absolute Gasteiger partial charge is 0.489 e. The molecule has 2 heterocycles. The topological polar surface area (TPSA) is 118 Å². The van der Waals surface area contributed by atoms with E-state index in [0.29, 0.717) is 34.7 Å². The van der Waals surface area contributed by atoms with Crippen molar-refractivity contribution in [2.24, 2.45) is 0 Å². The number of anilines is 6. The van der Waals surface area contributed by atoms with E-state index in [9.17, 15) is 10.1 Å². The molecule has 1 aromatic heterocycles. The van der Waals surface area contributed by atoms with E-state index in [2.05, 4.69) is 55.4 Å². The molecule has 1 aliphatic carbocycles. The summed E-state index contributed by atoms with van der Waals surface area (Å²) in [6, 6.07) is 16.9. The lowest BCUT2D eigenvalue weighted by Crippen LogP contribution is -2.44. The summed E-state index contributed by atoms with van der Waals surface area (Å²) in [5.74, 6) is 0.939. The summed E-state index contributed by atoms with van der Waals surface area (Å²) in [5, 5.41) is 19.1. The van der Waals surface area contributed by atoms with E-state index in [1.54, 1.807) is 0 Å². The molecule has 10 heteroatoms. The van der Waals surface area contributed by atoms with Crippen molar-refractivity contribution in [3.63, 3.8) is 0 Å². The molecule has 2 fully saturated rings. The normalized spacial score (nSPS) is 15.3. The van der Waals surface area contributed by atoms with Gasteiger partial charge in [-0.2, -0.15) is 10.2 Å². The molecule has 2 aromatic carbocycles. The highest BCUT2D eigenvalue weighted by Gasteiger charge is 2.33. The van der Waals surface area contributed by atoms with Crippen LogP contribution in [0.1, 0.15) is 45.1 Å². The molecule has 1 aliphatic heterocycles. The van der Waals surface area contributed by atoms with Crippen LogP contribution in [0.3, 0.4) is 0 Å². The Morgan fingerprint density at radius 3 is 2.52 bits per heavy atom. The van der Waals surface area contributed by atoms with Crippen molar-refractivity contribution in [1.82, 2.24) is 14.9 Å². The van der Waals surface area contributed by atoms with Crippen LogP contribution in [0.5, 0.6) is 5.75 Å². The van der Waals surface area contributed by atoms with Gasteiger partial charge in [0.15, 0.2) is 5.82 Å². The lowest BCUT2D eigenvalue weighted by molar-refractivity contribution is -0.111. The fourth-order valence-corrected chi connectivity index (χ4v) is 5.23. The fraction of sp³-hybridized carbons (Fsp3) is 0.375. The average molecular weight is 567 g/mol. The second-order valence-electron chi connectivity index (χ2n) is 11.0. The van der Waals surface area contributed by atoms with E-state index in [4.69, 9.17) is 4.74 Å². The summed E-state index contributed by atoms with van der Waals surface area (Å²) in [4.78, 5) is 26.2. The number of nitrogens with zero attached hydrogens (tertiary/aromatic N) is 5. The highest BCUT2D eigenvalue weighted by molar-refractivity contribution is 6.02. The van der Waals surface area contributed by atoms with Gasteiger partial charge in [-0.3, -0.25) is 4.79 Å². The Bertz CT molecular complexity index is 1470. The first-order valence-corrected chi connectivity index (χ1v) is 14.5. The second kappa shape index (κ2) is 12.9. The minimum absolute atomic E-state index is 0.0198.